The minimum atomic E-state index is -0.616. The molecule has 1 aliphatic carbocycles. The van der Waals surface area contributed by atoms with Crippen molar-refractivity contribution in [1.29, 1.82) is 0 Å². The molecule has 4 heteroatoms. The second-order valence-electron chi connectivity index (χ2n) is 5.39. The van der Waals surface area contributed by atoms with Gasteiger partial charge in [-0.2, -0.15) is 0 Å². The van der Waals surface area contributed by atoms with E-state index in [0.717, 1.165) is 32.3 Å². The molecule has 0 unspecified atom stereocenters. The van der Waals surface area contributed by atoms with Gasteiger partial charge in [0.05, 0.1) is 13.2 Å². The van der Waals surface area contributed by atoms with Crippen molar-refractivity contribution in [3.63, 3.8) is 0 Å². The van der Waals surface area contributed by atoms with Crippen molar-refractivity contribution in [3.8, 4) is 0 Å². The lowest BCUT2D eigenvalue weighted by Gasteiger charge is -2.36. The van der Waals surface area contributed by atoms with Gasteiger partial charge in [0.2, 0.25) is 0 Å². The predicted molar refractivity (Wildman–Crippen MR) is 67.2 cm³/mol. The Bertz CT molecular complexity index is 221. The summed E-state index contributed by atoms with van der Waals surface area (Å²) in [6.07, 6.45) is 4.63. The van der Waals surface area contributed by atoms with E-state index in [-0.39, 0.29) is 12.4 Å². The van der Waals surface area contributed by atoms with Gasteiger partial charge in [0.1, 0.15) is 12.3 Å². The van der Waals surface area contributed by atoms with Gasteiger partial charge in [0, 0.05) is 12.5 Å². The van der Waals surface area contributed by atoms with Crippen molar-refractivity contribution in [2.24, 2.45) is 5.92 Å². The molecule has 3 nitrogen and oxygen atoms in total. The van der Waals surface area contributed by atoms with E-state index in [1.165, 1.54) is 0 Å². The van der Waals surface area contributed by atoms with Crippen molar-refractivity contribution in [2.45, 2.75) is 64.0 Å². The second-order valence-corrected chi connectivity index (χ2v) is 5.39. The highest BCUT2D eigenvalue weighted by atomic mass is 19.1. The molecule has 106 valence electrons. The minimum Gasteiger partial charge on any atom is -0.373 e. The lowest BCUT2D eigenvalue weighted by atomic mass is 9.87. The summed E-state index contributed by atoms with van der Waals surface area (Å²) in [7, 11) is 0. The van der Waals surface area contributed by atoms with Crippen LogP contribution in [-0.2, 0) is 14.2 Å². The fourth-order valence-electron chi connectivity index (χ4n) is 2.61. The van der Waals surface area contributed by atoms with E-state index in [0.29, 0.717) is 32.0 Å². The zero-order valence-corrected chi connectivity index (χ0v) is 11.3. The van der Waals surface area contributed by atoms with E-state index in [1.54, 1.807) is 0 Å². The van der Waals surface area contributed by atoms with Crippen molar-refractivity contribution < 1.29 is 18.6 Å². The largest absolute Gasteiger partial charge is 0.373 e. The first-order chi connectivity index (χ1) is 8.79. The minimum absolute atomic E-state index is 0.0744. The molecule has 1 heterocycles. The van der Waals surface area contributed by atoms with E-state index in [4.69, 9.17) is 14.2 Å². The van der Waals surface area contributed by atoms with Gasteiger partial charge in [-0.05, 0) is 32.1 Å². The third-order valence-electron chi connectivity index (χ3n) is 3.83. The molecule has 2 rings (SSSR count). The molecule has 2 fully saturated rings. The lowest BCUT2D eigenvalue weighted by Crippen LogP contribution is -2.42. The van der Waals surface area contributed by atoms with Gasteiger partial charge >= 0.3 is 0 Å². The molecular formula is C14H25FO3. The van der Waals surface area contributed by atoms with Gasteiger partial charge in [0.15, 0.2) is 6.29 Å². The number of unbranched alkanes of at least 4 members (excludes halogenated alkanes) is 1. The highest BCUT2D eigenvalue weighted by molar-refractivity contribution is 4.76. The molecule has 0 N–H and O–H groups in total. The monoisotopic (exact) mass is 260 g/mol. The van der Waals surface area contributed by atoms with E-state index in [9.17, 15) is 4.39 Å². The number of alkyl halides is 1. The molecule has 1 aliphatic heterocycles. The van der Waals surface area contributed by atoms with Crippen molar-refractivity contribution in [3.05, 3.63) is 0 Å². The van der Waals surface area contributed by atoms with Crippen molar-refractivity contribution in [1.82, 2.24) is 0 Å². The van der Waals surface area contributed by atoms with E-state index >= 15 is 0 Å². The molecule has 0 amide bonds. The highest BCUT2D eigenvalue weighted by Gasteiger charge is 2.32. The molecule has 0 atom stereocenters. The molecule has 0 bridgehead atoms. The van der Waals surface area contributed by atoms with Crippen LogP contribution in [0.2, 0.25) is 0 Å². The molecule has 0 radical (unpaired) electrons. The maximum absolute atomic E-state index is 13.1. The number of hydrogen-bond donors (Lipinski definition) is 0. The zero-order chi connectivity index (χ0) is 12.8. The Kier molecular flexibility index (Phi) is 5.86. The first-order valence-electron chi connectivity index (χ1n) is 7.28. The van der Waals surface area contributed by atoms with Gasteiger partial charge in [-0.3, -0.25) is 0 Å². The lowest BCUT2D eigenvalue weighted by molar-refractivity contribution is -0.249. The van der Waals surface area contributed by atoms with Crippen LogP contribution in [-0.4, -0.2) is 38.4 Å². The van der Waals surface area contributed by atoms with Crippen LogP contribution in [0, 0.1) is 5.92 Å². The maximum atomic E-state index is 13.1. The van der Waals surface area contributed by atoms with E-state index in [1.807, 2.05) is 0 Å². The van der Waals surface area contributed by atoms with Crippen molar-refractivity contribution in [2.75, 3.05) is 19.8 Å². The standard InChI is InChI=1S/C14H25FO3/c1-2-3-8-16-13-9-17-14(18-10-13)11-4-6-12(15)7-5-11/h11-14H,2-10H2,1H3/t11-,12-,13-,14-. The van der Waals surface area contributed by atoms with Crippen LogP contribution >= 0.6 is 0 Å². The molecule has 1 saturated heterocycles. The topological polar surface area (TPSA) is 27.7 Å². The summed E-state index contributed by atoms with van der Waals surface area (Å²) in [5.74, 6) is 0.369. The Labute approximate surface area is 109 Å². The Morgan fingerprint density at radius 3 is 2.39 bits per heavy atom. The Morgan fingerprint density at radius 2 is 1.78 bits per heavy atom. The van der Waals surface area contributed by atoms with Crippen LogP contribution in [0.15, 0.2) is 0 Å². The summed E-state index contributed by atoms with van der Waals surface area (Å²) in [5.41, 5.74) is 0. The zero-order valence-electron chi connectivity index (χ0n) is 11.3. The van der Waals surface area contributed by atoms with Crippen LogP contribution in [0.3, 0.4) is 0 Å². The van der Waals surface area contributed by atoms with Crippen LogP contribution in [0.25, 0.3) is 0 Å². The average Bonchev–Trinajstić information content (AvgIpc) is 2.41. The predicted octanol–water partition coefficient (Wildman–Crippen LogP) is 3.07. The summed E-state index contributed by atoms with van der Waals surface area (Å²) in [4.78, 5) is 0. The third-order valence-corrected chi connectivity index (χ3v) is 3.83. The second kappa shape index (κ2) is 7.41. The quantitative estimate of drug-likeness (QED) is 0.711. The van der Waals surface area contributed by atoms with Gasteiger partial charge in [-0.15, -0.1) is 0 Å². The van der Waals surface area contributed by atoms with Gasteiger partial charge in [0.25, 0.3) is 0 Å². The normalized spacial score (nSPS) is 37.7. The average molecular weight is 260 g/mol. The molecule has 0 spiro atoms. The first-order valence-corrected chi connectivity index (χ1v) is 7.28. The summed E-state index contributed by atoms with van der Waals surface area (Å²) in [5, 5.41) is 0. The molecule has 0 aromatic heterocycles. The van der Waals surface area contributed by atoms with Crippen LogP contribution < -0.4 is 0 Å². The molecule has 18 heavy (non-hydrogen) atoms. The fraction of sp³-hybridized carbons (Fsp3) is 1.00. The van der Waals surface area contributed by atoms with Gasteiger partial charge in [-0.25, -0.2) is 4.39 Å². The van der Waals surface area contributed by atoms with Crippen LogP contribution in [0.5, 0.6) is 0 Å². The molecule has 0 aromatic carbocycles. The van der Waals surface area contributed by atoms with Crippen LogP contribution in [0.1, 0.15) is 45.4 Å². The van der Waals surface area contributed by atoms with E-state index < -0.39 is 6.17 Å². The van der Waals surface area contributed by atoms with Crippen LogP contribution in [0.4, 0.5) is 4.39 Å². The third kappa shape index (κ3) is 4.18. The summed E-state index contributed by atoms with van der Waals surface area (Å²) < 4.78 is 30.2. The molecule has 2 aliphatic rings. The van der Waals surface area contributed by atoms with Crippen molar-refractivity contribution >= 4 is 0 Å². The number of ether oxygens (including phenoxy) is 3. The number of halogens is 1. The first kappa shape index (κ1) is 14.2. The number of rotatable bonds is 5. The number of hydrogen-bond acceptors (Lipinski definition) is 3. The summed E-state index contributed by atoms with van der Waals surface area (Å²) >= 11 is 0. The molecular weight excluding hydrogens is 235 g/mol. The SMILES string of the molecule is CCCCO[C@H]1CO[C@H]([C@H]2CC[C@H](F)CC2)OC1. The molecule has 0 aromatic rings. The highest BCUT2D eigenvalue weighted by Crippen LogP contribution is 2.31. The Morgan fingerprint density at radius 1 is 1.11 bits per heavy atom. The van der Waals surface area contributed by atoms with E-state index in [2.05, 4.69) is 6.92 Å². The Hall–Kier alpha value is -0.190. The maximum Gasteiger partial charge on any atom is 0.160 e. The Balaban J connectivity index is 1.63. The fourth-order valence-corrected chi connectivity index (χ4v) is 2.61. The van der Waals surface area contributed by atoms with Gasteiger partial charge in [-0.1, -0.05) is 13.3 Å². The summed E-state index contributed by atoms with van der Waals surface area (Å²) in [6, 6.07) is 0. The summed E-state index contributed by atoms with van der Waals surface area (Å²) in [6.45, 7) is 4.16. The smallest absolute Gasteiger partial charge is 0.160 e. The van der Waals surface area contributed by atoms with Gasteiger partial charge < -0.3 is 14.2 Å². The molecule has 1 saturated carbocycles.